The molecule has 0 aromatic heterocycles. The molecule has 0 spiro atoms. The fourth-order valence-electron chi connectivity index (χ4n) is 2.74. The third-order valence-corrected chi connectivity index (χ3v) is 4.15. The first-order valence-electron chi connectivity index (χ1n) is 9.06. The van der Waals surface area contributed by atoms with Gasteiger partial charge in [-0.15, -0.1) is 0 Å². The van der Waals surface area contributed by atoms with Crippen molar-refractivity contribution in [2.75, 3.05) is 18.1 Å². The molecule has 0 bridgehead atoms. The van der Waals surface area contributed by atoms with Gasteiger partial charge in [0.05, 0.1) is 6.61 Å². The number of nitrogens with zero attached hydrogens (tertiary/aromatic N) is 1. The summed E-state index contributed by atoms with van der Waals surface area (Å²) in [5, 5.41) is 12.6. The van der Waals surface area contributed by atoms with E-state index < -0.39 is 12.1 Å². The number of carbonyl (C=O) groups excluding carboxylic acids is 3. The van der Waals surface area contributed by atoms with Gasteiger partial charge < -0.3 is 26.0 Å². The predicted octanol–water partition coefficient (Wildman–Crippen LogP) is 1.23. The van der Waals surface area contributed by atoms with Crippen LogP contribution in [0, 0.1) is 5.41 Å². The summed E-state index contributed by atoms with van der Waals surface area (Å²) in [4.78, 5) is 37.2. The van der Waals surface area contributed by atoms with Crippen molar-refractivity contribution in [3.63, 3.8) is 0 Å². The Balaban J connectivity index is 1.79. The molecule has 3 amide bonds. The Hall–Kier alpha value is -3.36. The minimum atomic E-state index is -0.611. The van der Waals surface area contributed by atoms with Crippen molar-refractivity contribution in [2.45, 2.75) is 32.2 Å². The molecule has 1 aromatic carbocycles. The van der Waals surface area contributed by atoms with Crippen LogP contribution in [0.4, 0.5) is 10.5 Å². The first-order chi connectivity index (χ1) is 13.4. The van der Waals surface area contributed by atoms with Crippen LogP contribution in [-0.4, -0.2) is 42.9 Å². The lowest BCUT2D eigenvalue weighted by atomic mass is 10.2. The topological polar surface area (TPSA) is 138 Å². The maximum atomic E-state index is 12.5. The highest BCUT2D eigenvalue weighted by molar-refractivity contribution is 6.02. The van der Waals surface area contributed by atoms with Crippen molar-refractivity contribution in [1.29, 1.82) is 5.41 Å². The van der Waals surface area contributed by atoms with Crippen LogP contribution in [0.2, 0.25) is 0 Å². The molecule has 1 aromatic rings. The highest BCUT2D eigenvalue weighted by Gasteiger charge is 2.33. The van der Waals surface area contributed by atoms with Gasteiger partial charge in [-0.3, -0.25) is 15.0 Å². The van der Waals surface area contributed by atoms with Gasteiger partial charge in [0.25, 0.3) is 0 Å². The summed E-state index contributed by atoms with van der Waals surface area (Å²) in [7, 11) is 0. The Morgan fingerprint density at radius 2 is 2.07 bits per heavy atom. The molecule has 5 N–H and O–H groups in total. The fourth-order valence-corrected chi connectivity index (χ4v) is 2.74. The minimum absolute atomic E-state index is 0.0363. The quantitative estimate of drug-likeness (QED) is 0.302. The van der Waals surface area contributed by atoms with Gasteiger partial charge in [-0.05, 0) is 44.0 Å². The lowest BCUT2D eigenvalue weighted by molar-refractivity contribution is -0.143. The standard InChI is InChI=1S/C19H25N5O4/c1-2-28-16(25)5-3-4-11-22-19(27)23-15-10-12-24(18(15)26)14-8-6-13(7-9-14)17(20)21/h4,6-9,11,15H,2-3,5,10,12H2,1H3,(H3,20,21)(H2,22,23,27). The van der Waals surface area contributed by atoms with E-state index >= 15 is 0 Å². The van der Waals surface area contributed by atoms with Crippen molar-refractivity contribution in [2.24, 2.45) is 5.73 Å². The molecule has 1 fully saturated rings. The largest absolute Gasteiger partial charge is 0.466 e. The highest BCUT2D eigenvalue weighted by atomic mass is 16.5. The van der Waals surface area contributed by atoms with E-state index in [-0.39, 0.29) is 24.1 Å². The number of urea groups is 1. The normalized spacial score (nSPS) is 16.2. The molecule has 28 heavy (non-hydrogen) atoms. The van der Waals surface area contributed by atoms with Crippen LogP contribution >= 0.6 is 0 Å². The van der Waals surface area contributed by atoms with Gasteiger partial charge >= 0.3 is 12.0 Å². The van der Waals surface area contributed by atoms with Crippen LogP contribution in [-0.2, 0) is 14.3 Å². The zero-order valence-corrected chi connectivity index (χ0v) is 15.7. The second-order valence-electron chi connectivity index (χ2n) is 6.16. The first kappa shape index (κ1) is 20.9. The summed E-state index contributed by atoms with van der Waals surface area (Å²) in [6, 6.07) is 5.71. The van der Waals surface area contributed by atoms with Gasteiger partial charge in [-0.1, -0.05) is 6.08 Å². The number of rotatable bonds is 8. The maximum absolute atomic E-state index is 12.5. The number of amidine groups is 1. The Kier molecular flexibility index (Phi) is 7.55. The van der Waals surface area contributed by atoms with Crippen LogP contribution < -0.4 is 21.3 Å². The molecule has 0 aliphatic carbocycles. The van der Waals surface area contributed by atoms with Crippen molar-refractivity contribution >= 4 is 29.4 Å². The molecular weight excluding hydrogens is 362 g/mol. The Morgan fingerprint density at radius 1 is 1.36 bits per heavy atom. The van der Waals surface area contributed by atoms with Crippen molar-refractivity contribution in [3.05, 3.63) is 42.1 Å². The van der Waals surface area contributed by atoms with E-state index in [2.05, 4.69) is 10.6 Å². The van der Waals surface area contributed by atoms with Crippen LogP contribution in [0.25, 0.3) is 0 Å². The number of nitrogens with one attached hydrogen (secondary N) is 3. The second kappa shape index (κ2) is 10.1. The highest BCUT2D eigenvalue weighted by Crippen LogP contribution is 2.22. The average molecular weight is 387 g/mol. The Labute approximate surface area is 163 Å². The number of benzene rings is 1. The van der Waals surface area contributed by atoms with E-state index in [1.165, 1.54) is 6.20 Å². The molecule has 0 radical (unpaired) electrons. The monoisotopic (exact) mass is 387 g/mol. The Morgan fingerprint density at radius 3 is 2.71 bits per heavy atom. The number of ether oxygens (including phenoxy) is 1. The van der Waals surface area contributed by atoms with E-state index in [9.17, 15) is 14.4 Å². The maximum Gasteiger partial charge on any atom is 0.319 e. The minimum Gasteiger partial charge on any atom is -0.466 e. The van der Waals surface area contributed by atoms with E-state index in [4.69, 9.17) is 15.9 Å². The molecule has 2 rings (SSSR count). The number of allylic oxidation sites excluding steroid dienone is 1. The molecule has 1 aliphatic rings. The zero-order valence-electron chi connectivity index (χ0n) is 15.7. The van der Waals surface area contributed by atoms with Crippen molar-refractivity contribution in [3.8, 4) is 0 Å². The summed E-state index contributed by atoms with van der Waals surface area (Å²) < 4.78 is 4.80. The molecule has 1 unspecified atom stereocenters. The summed E-state index contributed by atoms with van der Waals surface area (Å²) in [6.45, 7) is 2.57. The van der Waals surface area contributed by atoms with Gasteiger partial charge in [-0.25, -0.2) is 4.79 Å². The third kappa shape index (κ3) is 5.83. The lowest BCUT2D eigenvalue weighted by Gasteiger charge is -2.17. The van der Waals surface area contributed by atoms with Crippen LogP contribution in [0.15, 0.2) is 36.5 Å². The van der Waals surface area contributed by atoms with E-state index in [0.717, 1.165) is 0 Å². The lowest BCUT2D eigenvalue weighted by Crippen LogP contribution is -2.44. The molecule has 9 nitrogen and oxygen atoms in total. The summed E-state index contributed by atoms with van der Waals surface area (Å²) in [5.41, 5.74) is 6.70. The Bertz CT molecular complexity index is 760. The summed E-state index contributed by atoms with van der Waals surface area (Å²) >= 11 is 0. The van der Waals surface area contributed by atoms with Gasteiger partial charge in [0.2, 0.25) is 5.91 Å². The number of carbonyl (C=O) groups is 3. The number of hydrogen-bond donors (Lipinski definition) is 4. The molecule has 0 saturated carbocycles. The average Bonchev–Trinajstić information content (AvgIpc) is 3.02. The van der Waals surface area contributed by atoms with Crippen LogP contribution in [0.3, 0.4) is 0 Å². The van der Waals surface area contributed by atoms with Gasteiger partial charge in [0.1, 0.15) is 11.9 Å². The first-order valence-corrected chi connectivity index (χ1v) is 9.06. The summed E-state index contributed by atoms with van der Waals surface area (Å²) in [6.07, 6.45) is 4.27. The number of hydrogen-bond acceptors (Lipinski definition) is 5. The molecule has 1 saturated heterocycles. The molecule has 1 atom stereocenters. The molecular formula is C19H25N5O4. The third-order valence-electron chi connectivity index (χ3n) is 4.15. The number of esters is 1. The SMILES string of the molecule is CCOC(=O)CCC=CNC(=O)NC1CCN(c2ccc(C(=N)N)cc2)C1=O. The van der Waals surface area contributed by atoms with Crippen LogP contribution in [0.5, 0.6) is 0 Å². The van der Waals surface area contributed by atoms with Gasteiger partial charge in [0.15, 0.2) is 0 Å². The van der Waals surface area contributed by atoms with Crippen molar-refractivity contribution < 1.29 is 19.1 Å². The van der Waals surface area contributed by atoms with Gasteiger partial charge in [-0.2, -0.15) is 0 Å². The number of nitrogen functional groups attached to an aromatic ring is 1. The molecule has 150 valence electrons. The fraction of sp³-hybridized carbons (Fsp3) is 0.368. The molecule has 9 heteroatoms. The van der Waals surface area contributed by atoms with E-state index in [1.54, 1.807) is 42.2 Å². The number of amides is 3. The van der Waals surface area contributed by atoms with E-state index in [1.807, 2.05) is 0 Å². The summed E-state index contributed by atoms with van der Waals surface area (Å²) in [5.74, 6) is -0.521. The van der Waals surface area contributed by atoms with Gasteiger partial charge in [0, 0.05) is 30.4 Å². The van der Waals surface area contributed by atoms with Crippen molar-refractivity contribution in [1.82, 2.24) is 10.6 Å². The van der Waals surface area contributed by atoms with E-state index in [0.29, 0.717) is 37.2 Å². The molecule has 1 aliphatic heterocycles. The smallest absolute Gasteiger partial charge is 0.319 e. The number of nitrogens with two attached hydrogens (primary N) is 1. The second-order valence-corrected chi connectivity index (χ2v) is 6.16. The molecule has 1 heterocycles. The van der Waals surface area contributed by atoms with Crippen LogP contribution in [0.1, 0.15) is 31.7 Å². The number of anilines is 1. The zero-order chi connectivity index (χ0) is 20.5. The predicted molar refractivity (Wildman–Crippen MR) is 105 cm³/mol.